The van der Waals surface area contributed by atoms with Crippen LogP contribution in [0.4, 0.5) is 0 Å². The molecule has 0 N–H and O–H groups in total. The van der Waals surface area contributed by atoms with Gasteiger partial charge in [-0.25, -0.2) is 4.98 Å². The summed E-state index contributed by atoms with van der Waals surface area (Å²) in [6.07, 6.45) is 2.37. The van der Waals surface area contributed by atoms with Gasteiger partial charge in [-0.1, -0.05) is 12.1 Å². The fraction of sp³-hybridized carbons (Fsp3) is 0.526. The minimum absolute atomic E-state index is 0.00872. The number of hydrogen-bond donors (Lipinski definition) is 0. The van der Waals surface area contributed by atoms with Crippen LogP contribution in [0.3, 0.4) is 0 Å². The molecule has 0 bridgehead atoms. The van der Waals surface area contributed by atoms with E-state index in [4.69, 9.17) is 19.2 Å². The Morgan fingerprint density at radius 2 is 2.20 bits per heavy atom. The van der Waals surface area contributed by atoms with Crippen LogP contribution in [0.2, 0.25) is 0 Å². The van der Waals surface area contributed by atoms with Gasteiger partial charge in [0.2, 0.25) is 0 Å². The maximum Gasteiger partial charge on any atom is 0.161 e. The van der Waals surface area contributed by atoms with Gasteiger partial charge in [0.05, 0.1) is 26.0 Å². The quantitative estimate of drug-likeness (QED) is 0.818. The van der Waals surface area contributed by atoms with Crippen molar-refractivity contribution in [3.8, 4) is 16.3 Å². The molecule has 2 saturated heterocycles. The highest BCUT2D eigenvalue weighted by Gasteiger charge is 2.31. The molecule has 2 aromatic rings. The summed E-state index contributed by atoms with van der Waals surface area (Å²) in [5, 5.41) is 3.21. The number of likely N-dealkylation sites (tertiary alicyclic amines) is 1. The minimum Gasteiger partial charge on any atom is -0.497 e. The van der Waals surface area contributed by atoms with Crippen LogP contribution in [-0.4, -0.2) is 49.6 Å². The molecule has 2 aliphatic rings. The first kappa shape index (κ1) is 17.0. The van der Waals surface area contributed by atoms with Crippen molar-refractivity contribution in [2.24, 2.45) is 5.92 Å². The molecule has 4 rings (SSSR count). The first-order valence-electron chi connectivity index (χ1n) is 8.86. The molecule has 1 atom stereocenters. The predicted octanol–water partition coefficient (Wildman–Crippen LogP) is 3.40. The summed E-state index contributed by atoms with van der Waals surface area (Å²) in [6.45, 7) is 4.50. The third kappa shape index (κ3) is 4.03. The average molecular weight is 360 g/mol. The zero-order chi connectivity index (χ0) is 17.1. The van der Waals surface area contributed by atoms with Crippen molar-refractivity contribution in [2.45, 2.75) is 25.7 Å². The third-order valence-corrected chi connectivity index (χ3v) is 5.77. The monoisotopic (exact) mass is 360 g/mol. The van der Waals surface area contributed by atoms with Gasteiger partial charge in [-0.15, -0.1) is 11.3 Å². The van der Waals surface area contributed by atoms with Crippen molar-refractivity contribution in [1.29, 1.82) is 0 Å². The predicted molar refractivity (Wildman–Crippen MR) is 97.8 cm³/mol. The number of methoxy groups -OCH3 is 1. The summed E-state index contributed by atoms with van der Waals surface area (Å²) in [5.41, 5.74) is 2.25. The molecule has 0 spiro atoms. The number of rotatable bonds is 5. The molecule has 0 saturated carbocycles. The van der Waals surface area contributed by atoms with E-state index in [9.17, 15) is 0 Å². The van der Waals surface area contributed by atoms with Crippen LogP contribution in [0.15, 0.2) is 29.6 Å². The Morgan fingerprint density at radius 1 is 1.32 bits per heavy atom. The van der Waals surface area contributed by atoms with E-state index >= 15 is 0 Å². The number of piperidine rings is 1. The molecule has 1 aromatic carbocycles. The largest absolute Gasteiger partial charge is 0.497 e. The van der Waals surface area contributed by atoms with E-state index in [0.717, 1.165) is 54.9 Å². The highest BCUT2D eigenvalue weighted by atomic mass is 32.1. The number of hydrogen-bond acceptors (Lipinski definition) is 6. The van der Waals surface area contributed by atoms with Crippen LogP contribution >= 0.6 is 11.3 Å². The van der Waals surface area contributed by atoms with Crippen LogP contribution in [0, 0.1) is 5.92 Å². The fourth-order valence-corrected chi connectivity index (χ4v) is 4.41. The Kier molecular flexibility index (Phi) is 5.31. The van der Waals surface area contributed by atoms with E-state index in [0.29, 0.717) is 5.92 Å². The fourth-order valence-electron chi connectivity index (χ4n) is 3.60. The lowest BCUT2D eigenvalue weighted by molar-refractivity contribution is -0.101. The van der Waals surface area contributed by atoms with Gasteiger partial charge in [0.15, 0.2) is 6.29 Å². The lowest BCUT2D eigenvalue weighted by Gasteiger charge is -2.34. The summed E-state index contributed by atoms with van der Waals surface area (Å²) >= 11 is 1.69. The Hall–Kier alpha value is -1.47. The molecule has 25 heavy (non-hydrogen) atoms. The van der Waals surface area contributed by atoms with Gasteiger partial charge < -0.3 is 14.2 Å². The minimum atomic E-state index is -0.00872. The van der Waals surface area contributed by atoms with Crippen LogP contribution in [0.25, 0.3) is 10.6 Å². The van der Waals surface area contributed by atoms with Gasteiger partial charge in [0.1, 0.15) is 10.8 Å². The molecular weight excluding hydrogens is 336 g/mol. The van der Waals surface area contributed by atoms with Gasteiger partial charge in [0, 0.05) is 30.0 Å². The molecule has 0 aliphatic carbocycles. The summed E-state index contributed by atoms with van der Waals surface area (Å²) in [5.74, 6) is 1.34. The molecule has 0 radical (unpaired) electrons. The summed E-state index contributed by atoms with van der Waals surface area (Å²) in [4.78, 5) is 7.31. The smallest absolute Gasteiger partial charge is 0.161 e. The molecule has 6 heteroatoms. The van der Waals surface area contributed by atoms with Gasteiger partial charge >= 0.3 is 0 Å². The van der Waals surface area contributed by atoms with Gasteiger partial charge in [0.25, 0.3) is 0 Å². The van der Waals surface area contributed by atoms with E-state index in [1.165, 1.54) is 12.8 Å². The second-order valence-corrected chi connectivity index (χ2v) is 7.48. The number of aromatic nitrogens is 1. The normalized spacial score (nSPS) is 22.4. The van der Waals surface area contributed by atoms with E-state index in [2.05, 4.69) is 16.3 Å². The zero-order valence-electron chi connectivity index (χ0n) is 14.5. The van der Waals surface area contributed by atoms with E-state index in [1.54, 1.807) is 18.4 Å². The molecule has 134 valence electrons. The molecule has 2 aliphatic heterocycles. The zero-order valence-corrected chi connectivity index (χ0v) is 15.3. The molecule has 5 nitrogen and oxygen atoms in total. The first-order chi connectivity index (χ1) is 12.3. The van der Waals surface area contributed by atoms with Gasteiger partial charge in [-0.05, 0) is 31.5 Å². The SMILES string of the molecule is COc1cccc(-c2nc(CN3CCCC(C4OCCO4)C3)cs2)c1. The average Bonchev–Trinajstić information content (AvgIpc) is 3.34. The van der Waals surface area contributed by atoms with Crippen LogP contribution in [0.5, 0.6) is 5.75 Å². The molecule has 1 unspecified atom stereocenters. The van der Waals surface area contributed by atoms with E-state index in [-0.39, 0.29) is 6.29 Å². The van der Waals surface area contributed by atoms with Crippen molar-refractivity contribution in [3.05, 3.63) is 35.3 Å². The summed E-state index contributed by atoms with van der Waals surface area (Å²) in [7, 11) is 1.69. The topological polar surface area (TPSA) is 43.8 Å². The highest BCUT2D eigenvalue weighted by molar-refractivity contribution is 7.13. The summed E-state index contributed by atoms with van der Waals surface area (Å²) < 4.78 is 16.7. The maximum atomic E-state index is 5.70. The van der Waals surface area contributed by atoms with Crippen molar-refractivity contribution in [3.63, 3.8) is 0 Å². The van der Waals surface area contributed by atoms with Crippen molar-refractivity contribution < 1.29 is 14.2 Å². The number of thiazole rings is 1. The Labute approximate surface area is 152 Å². The van der Waals surface area contributed by atoms with Crippen molar-refractivity contribution >= 4 is 11.3 Å². The second-order valence-electron chi connectivity index (χ2n) is 6.62. The Morgan fingerprint density at radius 3 is 3.04 bits per heavy atom. The van der Waals surface area contributed by atoms with Gasteiger partial charge in [-0.2, -0.15) is 0 Å². The highest BCUT2D eigenvalue weighted by Crippen LogP contribution is 2.29. The molecular formula is C19H24N2O3S. The Balaban J connectivity index is 1.40. The molecule has 1 aromatic heterocycles. The second kappa shape index (κ2) is 7.83. The van der Waals surface area contributed by atoms with Crippen LogP contribution in [-0.2, 0) is 16.0 Å². The standard InChI is InChI=1S/C19H24N2O3S/c1-22-17-6-2-4-14(10-17)18-20-16(13-25-18)12-21-7-3-5-15(11-21)19-23-8-9-24-19/h2,4,6,10,13,15,19H,3,5,7-9,11-12H2,1H3. The van der Waals surface area contributed by atoms with Crippen molar-refractivity contribution in [2.75, 3.05) is 33.4 Å². The lowest BCUT2D eigenvalue weighted by Crippen LogP contribution is -2.40. The van der Waals surface area contributed by atoms with E-state index < -0.39 is 0 Å². The van der Waals surface area contributed by atoms with Crippen LogP contribution in [0.1, 0.15) is 18.5 Å². The number of benzene rings is 1. The first-order valence-corrected chi connectivity index (χ1v) is 9.74. The summed E-state index contributed by atoms with van der Waals surface area (Å²) in [6, 6.07) is 8.08. The van der Waals surface area contributed by atoms with Gasteiger partial charge in [-0.3, -0.25) is 4.90 Å². The van der Waals surface area contributed by atoms with Crippen LogP contribution < -0.4 is 4.74 Å². The van der Waals surface area contributed by atoms with Crippen molar-refractivity contribution in [1.82, 2.24) is 9.88 Å². The molecule has 2 fully saturated rings. The lowest BCUT2D eigenvalue weighted by atomic mass is 9.97. The third-order valence-electron chi connectivity index (χ3n) is 4.83. The Bertz CT molecular complexity index is 699. The number of ether oxygens (including phenoxy) is 3. The molecule has 3 heterocycles. The number of nitrogens with zero attached hydrogens (tertiary/aromatic N) is 2. The molecule has 0 amide bonds. The van der Waals surface area contributed by atoms with E-state index in [1.807, 2.05) is 18.2 Å². The maximum absolute atomic E-state index is 5.70.